The summed E-state index contributed by atoms with van der Waals surface area (Å²) in [7, 11) is 0. The summed E-state index contributed by atoms with van der Waals surface area (Å²) in [5.74, 6) is -0.453. The molecule has 0 fully saturated rings. The van der Waals surface area contributed by atoms with Crippen molar-refractivity contribution in [3.63, 3.8) is 0 Å². The SMILES string of the molecule is CCOC(=O)C1CCOc2cc(Cl)ccc2C1O. The molecule has 1 heterocycles. The lowest BCUT2D eigenvalue weighted by molar-refractivity contribution is -0.152. The van der Waals surface area contributed by atoms with Crippen LogP contribution in [0.1, 0.15) is 25.0 Å². The van der Waals surface area contributed by atoms with E-state index < -0.39 is 18.0 Å². The summed E-state index contributed by atoms with van der Waals surface area (Å²) >= 11 is 5.87. The van der Waals surface area contributed by atoms with Gasteiger partial charge in [0.15, 0.2) is 0 Å². The van der Waals surface area contributed by atoms with Gasteiger partial charge in [-0.25, -0.2) is 0 Å². The predicted molar refractivity (Wildman–Crippen MR) is 66.6 cm³/mol. The zero-order chi connectivity index (χ0) is 13.1. The molecule has 5 heteroatoms. The van der Waals surface area contributed by atoms with Gasteiger partial charge in [-0.15, -0.1) is 0 Å². The third-order valence-corrected chi connectivity index (χ3v) is 3.19. The second-order valence-corrected chi connectivity index (χ2v) is 4.56. The molecule has 0 spiro atoms. The van der Waals surface area contributed by atoms with Crippen LogP contribution in [0.5, 0.6) is 5.75 Å². The Labute approximate surface area is 110 Å². The van der Waals surface area contributed by atoms with Crippen LogP contribution in [-0.4, -0.2) is 24.3 Å². The fraction of sp³-hybridized carbons (Fsp3) is 0.462. The van der Waals surface area contributed by atoms with Crippen molar-refractivity contribution in [1.29, 1.82) is 0 Å². The minimum absolute atomic E-state index is 0.302. The van der Waals surface area contributed by atoms with Crippen molar-refractivity contribution in [3.8, 4) is 5.75 Å². The summed E-state index contributed by atoms with van der Waals surface area (Å²) in [6, 6.07) is 4.99. The molecule has 0 radical (unpaired) electrons. The van der Waals surface area contributed by atoms with Crippen LogP contribution in [0.3, 0.4) is 0 Å². The van der Waals surface area contributed by atoms with Gasteiger partial charge in [0.2, 0.25) is 0 Å². The molecular formula is C13H15ClO4. The van der Waals surface area contributed by atoms with Crippen molar-refractivity contribution >= 4 is 17.6 Å². The summed E-state index contributed by atoms with van der Waals surface area (Å²) < 4.78 is 10.5. The summed E-state index contributed by atoms with van der Waals surface area (Å²) in [6.45, 7) is 2.40. The molecule has 1 aliphatic heterocycles. The van der Waals surface area contributed by atoms with Gasteiger partial charge in [-0.1, -0.05) is 17.7 Å². The zero-order valence-corrected chi connectivity index (χ0v) is 10.8. The fourth-order valence-electron chi connectivity index (χ4n) is 2.04. The van der Waals surface area contributed by atoms with Crippen molar-refractivity contribution in [2.45, 2.75) is 19.4 Å². The van der Waals surface area contributed by atoms with Crippen LogP contribution in [0, 0.1) is 5.92 Å². The molecule has 2 rings (SSSR count). The van der Waals surface area contributed by atoms with E-state index in [1.165, 1.54) is 0 Å². The lowest BCUT2D eigenvalue weighted by atomic mass is 9.93. The Bertz CT molecular complexity index is 447. The number of aliphatic hydroxyl groups excluding tert-OH is 1. The molecule has 0 bridgehead atoms. The molecule has 1 aromatic rings. The van der Waals surface area contributed by atoms with E-state index in [-0.39, 0.29) is 0 Å². The maximum Gasteiger partial charge on any atom is 0.312 e. The molecule has 0 amide bonds. The molecule has 0 saturated carbocycles. The van der Waals surface area contributed by atoms with Gasteiger partial charge in [-0.05, 0) is 25.5 Å². The van der Waals surface area contributed by atoms with E-state index in [4.69, 9.17) is 21.1 Å². The van der Waals surface area contributed by atoms with E-state index in [0.29, 0.717) is 36.0 Å². The van der Waals surface area contributed by atoms with Gasteiger partial charge < -0.3 is 14.6 Å². The summed E-state index contributed by atoms with van der Waals surface area (Å²) in [4.78, 5) is 11.8. The first-order valence-electron chi connectivity index (χ1n) is 5.90. The van der Waals surface area contributed by atoms with Gasteiger partial charge in [0.05, 0.1) is 25.2 Å². The number of halogens is 1. The van der Waals surface area contributed by atoms with Gasteiger partial charge >= 0.3 is 5.97 Å². The average Bonchev–Trinajstić information content (AvgIpc) is 2.49. The van der Waals surface area contributed by atoms with Gasteiger partial charge in [-0.2, -0.15) is 0 Å². The number of fused-ring (bicyclic) bond motifs is 1. The number of rotatable bonds is 2. The molecule has 98 valence electrons. The average molecular weight is 271 g/mol. The van der Waals surface area contributed by atoms with Gasteiger partial charge in [0.25, 0.3) is 0 Å². The first kappa shape index (κ1) is 13.2. The van der Waals surface area contributed by atoms with Crippen molar-refractivity contribution in [3.05, 3.63) is 28.8 Å². The Hall–Kier alpha value is -1.26. The number of esters is 1. The highest BCUT2D eigenvalue weighted by Gasteiger charge is 2.33. The third-order valence-electron chi connectivity index (χ3n) is 2.95. The lowest BCUT2D eigenvalue weighted by Crippen LogP contribution is -2.24. The van der Waals surface area contributed by atoms with Crippen LogP contribution in [0.2, 0.25) is 5.02 Å². The Kier molecular flexibility index (Phi) is 4.09. The predicted octanol–water partition coefficient (Wildman–Crippen LogP) is 2.34. The molecule has 0 aromatic heterocycles. The highest BCUT2D eigenvalue weighted by atomic mass is 35.5. The molecule has 1 aromatic carbocycles. The van der Waals surface area contributed by atoms with Crippen LogP contribution < -0.4 is 4.74 Å². The van der Waals surface area contributed by atoms with Gasteiger partial charge in [0, 0.05) is 10.6 Å². The Morgan fingerprint density at radius 2 is 2.39 bits per heavy atom. The first-order valence-corrected chi connectivity index (χ1v) is 6.28. The normalized spacial score (nSPS) is 22.6. The number of carbonyl (C=O) groups excluding carboxylic acids is 1. The van der Waals surface area contributed by atoms with E-state index in [9.17, 15) is 9.90 Å². The second kappa shape index (κ2) is 5.59. The highest BCUT2D eigenvalue weighted by molar-refractivity contribution is 6.30. The molecule has 2 unspecified atom stereocenters. The Balaban J connectivity index is 2.29. The van der Waals surface area contributed by atoms with Crippen LogP contribution in [-0.2, 0) is 9.53 Å². The van der Waals surface area contributed by atoms with Gasteiger partial charge in [0.1, 0.15) is 5.75 Å². The highest BCUT2D eigenvalue weighted by Crippen LogP contribution is 2.37. The van der Waals surface area contributed by atoms with E-state index in [1.807, 2.05) is 0 Å². The maximum absolute atomic E-state index is 11.8. The second-order valence-electron chi connectivity index (χ2n) is 4.12. The van der Waals surface area contributed by atoms with Crippen molar-refractivity contribution in [2.24, 2.45) is 5.92 Å². The number of ether oxygens (including phenoxy) is 2. The molecule has 1 N–H and O–H groups in total. The van der Waals surface area contributed by atoms with Crippen LogP contribution in [0.25, 0.3) is 0 Å². The minimum atomic E-state index is -0.918. The molecule has 0 aliphatic carbocycles. The van der Waals surface area contributed by atoms with Crippen LogP contribution >= 0.6 is 11.6 Å². The number of carbonyl (C=O) groups is 1. The van der Waals surface area contributed by atoms with E-state index >= 15 is 0 Å². The smallest absolute Gasteiger partial charge is 0.312 e. The first-order chi connectivity index (χ1) is 8.63. The summed E-state index contributed by atoms with van der Waals surface area (Å²) in [5.41, 5.74) is 0.579. The van der Waals surface area contributed by atoms with Crippen molar-refractivity contribution in [2.75, 3.05) is 13.2 Å². The van der Waals surface area contributed by atoms with E-state index in [1.54, 1.807) is 25.1 Å². The quantitative estimate of drug-likeness (QED) is 0.838. The standard InChI is InChI=1S/C13H15ClO4/c1-2-17-13(16)10-5-6-18-11-7-8(14)3-4-9(11)12(10)15/h3-4,7,10,12,15H,2,5-6H2,1H3. The molecule has 2 atom stereocenters. The Morgan fingerprint density at radius 3 is 3.11 bits per heavy atom. The van der Waals surface area contributed by atoms with Gasteiger partial charge in [-0.3, -0.25) is 4.79 Å². The third kappa shape index (κ3) is 2.60. The monoisotopic (exact) mass is 270 g/mol. The number of benzene rings is 1. The van der Waals surface area contributed by atoms with E-state index in [2.05, 4.69) is 0 Å². The summed E-state index contributed by atoms with van der Waals surface area (Å²) in [5, 5.41) is 10.8. The summed E-state index contributed by atoms with van der Waals surface area (Å²) in [6.07, 6.45) is -0.495. The van der Waals surface area contributed by atoms with Crippen LogP contribution in [0.4, 0.5) is 0 Å². The molecule has 18 heavy (non-hydrogen) atoms. The number of aliphatic hydroxyl groups is 1. The minimum Gasteiger partial charge on any atom is -0.493 e. The number of hydrogen-bond donors (Lipinski definition) is 1. The topological polar surface area (TPSA) is 55.8 Å². The molecule has 1 aliphatic rings. The van der Waals surface area contributed by atoms with Crippen molar-refractivity contribution in [1.82, 2.24) is 0 Å². The zero-order valence-electron chi connectivity index (χ0n) is 10.1. The van der Waals surface area contributed by atoms with Crippen molar-refractivity contribution < 1.29 is 19.4 Å². The Morgan fingerprint density at radius 1 is 1.61 bits per heavy atom. The molecule has 4 nitrogen and oxygen atoms in total. The lowest BCUT2D eigenvalue weighted by Gasteiger charge is -2.18. The molecular weight excluding hydrogens is 256 g/mol. The van der Waals surface area contributed by atoms with E-state index in [0.717, 1.165) is 0 Å². The number of hydrogen-bond acceptors (Lipinski definition) is 4. The van der Waals surface area contributed by atoms with Crippen LogP contribution in [0.15, 0.2) is 18.2 Å². The maximum atomic E-state index is 11.8. The largest absolute Gasteiger partial charge is 0.493 e. The molecule has 0 saturated heterocycles. The fourth-order valence-corrected chi connectivity index (χ4v) is 2.21.